The number of carbonyl (C=O) groups excluding carboxylic acids is 2. The van der Waals surface area contributed by atoms with Crippen molar-refractivity contribution in [1.29, 1.82) is 0 Å². The van der Waals surface area contributed by atoms with Gasteiger partial charge in [-0.1, -0.05) is 13.0 Å². The minimum atomic E-state index is -0.682. The lowest BCUT2D eigenvalue weighted by molar-refractivity contribution is -0.140. The number of methoxy groups -OCH3 is 1. The van der Waals surface area contributed by atoms with Crippen LogP contribution in [-0.2, 0) is 14.3 Å². The van der Waals surface area contributed by atoms with E-state index in [0.29, 0.717) is 24.5 Å². The molecule has 1 aromatic carbocycles. The Bertz CT molecular complexity index is 857. The van der Waals surface area contributed by atoms with Gasteiger partial charge in [-0.3, -0.25) is 9.59 Å². The number of aliphatic hydroxyl groups is 1. The molecule has 1 aromatic heterocycles. The number of hydrogen-bond acceptors (Lipinski definition) is 6. The van der Waals surface area contributed by atoms with Crippen LogP contribution in [0.4, 0.5) is 0 Å². The number of Topliss-reactive ketones (excluding diaryl/α,β-unsaturated/α-hetero) is 1. The minimum Gasteiger partial charge on any atom is -0.507 e. The Morgan fingerprint density at radius 3 is 2.54 bits per heavy atom. The van der Waals surface area contributed by atoms with Gasteiger partial charge in [-0.25, -0.2) is 0 Å². The van der Waals surface area contributed by atoms with Crippen LogP contribution >= 0.6 is 11.3 Å². The van der Waals surface area contributed by atoms with Crippen LogP contribution in [0.1, 0.15) is 29.8 Å². The second-order valence-electron chi connectivity index (χ2n) is 6.37. The Hall–Kier alpha value is -2.64. The van der Waals surface area contributed by atoms with Crippen LogP contribution < -0.4 is 4.74 Å². The Balaban J connectivity index is 2.00. The third-order valence-electron chi connectivity index (χ3n) is 4.49. The Kier molecular flexibility index (Phi) is 6.49. The topological polar surface area (TPSA) is 76.1 Å². The van der Waals surface area contributed by atoms with E-state index in [1.54, 1.807) is 31.4 Å². The van der Waals surface area contributed by atoms with Crippen LogP contribution in [0.25, 0.3) is 5.76 Å². The zero-order valence-corrected chi connectivity index (χ0v) is 16.7. The highest BCUT2D eigenvalue weighted by Crippen LogP contribution is 2.40. The maximum Gasteiger partial charge on any atom is 0.295 e. The Labute approximate surface area is 168 Å². The Morgan fingerprint density at radius 2 is 1.93 bits per heavy atom. The van der Waals surface area contributed by atoms with E-state index >= 15 is 0 Å². The molecule has 0 aliphatic carbocycles. The minimum absolute atomic E-state index is 0.103. The van der Waals surface area contributed by atoms with E-state index in [-0.39, 0.29) is 17.9 Å². The van der Waals surface area contributed by atoms with Crippen LogP contribution in [-0.4, -0.2) is 48.6 Å². The average molecular weight is 401 g/mol. The van der Waals surface area contributed by atoms with Crippen molar-refractivity contribution in [3.8, 4) is 5.75 Å². The number of ether oxygens (including phenoxy) is 2. The van der Waals surface area contributed by atoms with Crippen LogP contribution in [0.2, 0.25) is 0 Å². The number of aliphatic hydroxyl groups excluding tert-OH is 1. The lowest BCUT2D eigenvalue weighted by atomic mass is 10.00. The Morgan fingerprint density at radius 1 is 1.18 bits per heavy atom. The number of benzene rings is 1. The third kappa shape index (κ3) is 3.95. The summed E-state index contributed by atoms with van der Waals surface area (Å²) < 4.78 is 10.6. The van der Waals surface area contributed by atoms with Gasteiger partial charge in [0.05, 0.1) is 24.8 Å². The number of hydrogen-bond donors (Lipinski definition) is 1. The summed E-state index contributed by atoms with van der Waals surface area (Å²) in [5, 5.41) is 12.8. The molecule has 1 fully saturated rings. The first-order chi connectivity index (χ1) is 13.6. The molecule has 1 unspecified atom stereocenters. The number of ketones is 1. The van der Waals surface area contributed by atoms with E-state index in [1.165, 1.54) is 16.2 Å². The maximum atomic E-state index is 12.7. The van der Waals surface area contributed by atoms with Gasteiger partial charge in [-0.05, 0) is 42.1 Å². The van der Waals surface area contributed by atoms with E-state index in [4.69, 9.17) is 9.47 Å². The summed E-state index contributed by atoms with van der Waals surface area (Å²) in [6.07, 6.45) is 0.896. The summed E-state index contributed by atoms with van der Waals surface area (Å²) in [7, 11) is 1.54. The van der Waals surface area contributed by atoms with Crippen LogP contribution in [0.5, 0.6) is 5.75 Å². The average Bonchev–Trinajstić information content (AvgIpc) is 3.32. The first-order valence-corrected chi connectivity index (χ1v) is 10.0. The second-order valence-corrected chi connectivity index (χ2v) is 7.35. The van der Waals surface area contributed by atoms with Gasteiger partial charge < -0.3 is 19.5 Å². The number of nitrogens with zero attached hydrogens (tertiary/aromatic N) is 1. The molecular formula is C21H23NO5S. The van der Waals surface area contributed by atoms with Gasteiger partial charge >= 0.3 is 0 Å². The molecule has 1 N–H and O–H groups in total. The van der Waals surface area contributed by atoms with Crippen LogP contribution in [0.3, 0.4) is 0 Å². The van der Waals surface area contributed by atoms with Crippen molar-refractivity contribution in [2.24, 2.45) is 0 Å². The molecule has 1 atom stereocenters. The fourth-order valence-corrected chi connectivity index (χ4v) is 3.97. The molecule has 1 aliphatic rings. The molecule has 148 valence electrons. The molecule has 0 radical (unpaired) electrons. The normalized spacial score (nSPS) is 18.6. The largest absolute Gasteiger partial charge is 0.507 e. The molecule has 1 aliphatic heterocycles. The van der Waals surface area contributed by atoms with Gasteiger partial charge in [-0.15, -0.1) is 11.3 Å². The van der Waals surface area contributed by atoms with E-state index in [0.717, 1.165) is 11.3 Å². The van der Waals surface area contributed by atoms with Gasteiger partial charge in [0.2, 0.25) is 0 Å². The van der Waals surface area contributed by atoms with Gasteiger partial charge in [0.1, 0.15) is 11.5 Å². The number of carbonyl (C=O) groups is 2. The predicted octanol–water partition coefficient (Wildman–Crippen LogP) is 3.61. The summed E-state index contributed by atoms with van der Waals surface area (Å²) in [6, 6.07) is 9.96. The van der Waals surface area contributed by atoms with Crippen molar-refractivity contribution in [1.82, 2.24) is 4.90 Å². The zero-order valence-electron chi connectivity index (χ0n) is 15.9. The van der Waals surface area contributed by atoms with Crippen molar-refractivity contribution >= 4 is 28.8 Å². The van der Waals surface area contributed by atoms with Crippen molar-refractivity contribution in [3.05, 3.63) is 57.8 Å². The molecule has 2 heterocycles. The lowest BCUT2D eigenvalue weighted by Gasteiger charge is -2.23. The molecule has 0 spiro atoms. The standard InChI is InChI=1S/C21H23NO5S/c1-3-11-27-15-8-6-14(7-9-15)19(23)17-18(16-5-4-13-28-16)22(10-12-26-2)21(25)20(17)24/h4-9,13,18,23H,3,10-12H2,1-2H3/b19-17+. The molecule has 1 saturated heterocycles. The van der Waals surface area contributed by atoms with Crippen molar-refractivity contribution < 1.29 is 24.2 Å². The summed E-state index contributed by atoms with van der Waals surface area (Å²) in [6.45, 7) is 3.20. The van der Waals surface area contributed by atoms with Gasteiger partial charge in [-0.2, -0.15) is 0 Å². The molecule has 0 saturated carbocycles. The molecule has 2 aromatic rings. The van der Waals surface area contributed by atoms with Crippen molar-refractivity contribution in [2.45, 2.75) is 19.4 Å². The number of rotatable bonds is 8. The SMILES string of the molecule is CCCOc1ccc(/C(O)=C2\C(=O)C(=O)N(CCOC)C2c2cccs2)cc1. The molecule has 6 nitrogen and oxygen atoms in total. The maximum absolute atomic E-state index is 12.7. The first kappa shape index (κ1) is 20.1. The number of thiophene rings is 1. The van der Waals surface area contributed by atoms with Crippen LogP contribution in [0, 0.1) is 0 Å². The second kappa shape index (κ2) is 9.03. The molecule has 0 bridgehead atoms. The summed E-state index contributed by atoms with van der Waals surface area (Å²) in [5.41, 5.74) is 0.570. The fraction of sp³-hybridized carbons (Fsp3) is 0.333. The van der Waals surface area contributed by atoms with E-state index in [2.05, 4.69) is 0 Å². The molecule has 1 amide bonds. The van der Waals surface area contributed by atoms with E-state index in [1.807, 2.05) is 24.4 Å². The lowest BCUT2D eigenvalue weighted by Crippen LogP contribution is -2.32. The molecule has 7 heteroatoms. The van der Waals surface area contributed by atoms with Gasteiger partial charge in [0.15, 0.2) is 0 Å². The summed E-state index contributed by atoms with van der Waals surface area (Å²) in [5.74, 6) is -0.800. The monoisotopic (exact) mass is 401 g/mol. The summed E-state index contributed by atoms with van der Waals surface area (Å²) >= 11 is 1.44. The van der Waals surface area contributed by atoms with E-state index < -0.39 is 17.7 Å². The molecular weight excluding hydrogens is 378 g/mol. The third-order valence-corrected chi connectivity index (χ3v) is 5.41. The molecule has 3 rings (SSSR count). The summed E-state index contributed by atoms with van der Waals surface area (Å²) in [4.78, 5) is 27.6. The predicted molar refractivity (Wildman–Crippen MR) is 107 cm³/mol. The van der Waals surface area contributed by atoms with E-state index in [9.17, 15) is 14.7 Å². The van der Waals surface area contributed by atoms with Gasteiger partial charge in [0.25, 0.3) is 11.7 Å². The highest BCUT2D eigenvalue weighted by Gasteiger charge is 2.46. The smallest absolute Gasteiger partial charge is 0.295 e. The highest BCUT2D eigenvalue weighted by molar-refractivity contribution is 7.10. The van der Waals surface area contributed by atoms with Crippen molar-refractivity contribution in [2.75, 3.05) is 26.9 Å². The van der Waals surface area contributed by atoms with Crippen LogP contribution in [0.15, 0.2) is 47.4 Å². The number of likely N-dealkylation sites (tertiary alicyclic amines) is 1. The van der Waals surface area contributed by atoms with Gasteiger partial charge in [0, 0.05) is 24.1 Å². The molecule has 28 heavy (non-hydrogen) atoms. The fourth-order valence-electron chi connectivity index (χ4n) is 3.13. The zero-order chi connectivity index (χ0) is 20.1. The van der Waals surface area contributed by atoms with Crippen molar-refractivity contribution in [3.63, 3.8) is 0 Å². The first-order valence-electron chi connectivity index (χ1n) is 9.12. The quantitative estimate of drug-likeness (QED) is 0.415. The number of amides is 1. The highest BCUT2D eigenvalue weighted by atomic mass is 32.1.